The fourth-order valence-electron chi connectivity index (χ4n) is 2.53. The fraction of sp³-hybridized carbons (Fsp3) is 0.867. The van der Waals surface area contributed by atoms with E-state index in [0.29, 0.717) is 13.0 Å². The second-order valence-electron chi connectivity index (χ2n) is 6.93. The van der Waals surface area contributed by atoms with Crippen LogP contribution in [0.3, 0.4) is 0 Å². The van der Waals surface area contributed by atoms with Crippen LogP contribution in [0.4, 0.5) is 0 Å². The van der Waals surface area contributed by atoms with E-state index in [1.165, 1.54) is 0 Å². The molecule has 1 aliphatic carbocycles. The molecule has 2 unspecified atom stereocenters. The maximum Gasteiger partial charge on any atom is 0.224 e. The van der Waals surface area contributed by atoms with Crippen LogP contribution < -0.4 is 10.6 Å². The van der Waals surface area contributed by atoms with Gasteiger partial charge in [0.25, 0.3) is 0 Å². The molecule has 0 aromatic carbocycles. The lowest BCUT2D eigenvalue weighted by atomic mass is 10.1. The molecule has 1 aliphatic heterocycles. The summed E-state index contributed by atoms with van der Waals surface area (Å²) < 4.78 is 5.28. The van der Waals surface area contributed by atoms with Crippen LogP contribution in [0.15, 0.2) is 0 Å². The third-order valence-electron chi connectivity index (χ3n) is 3.79. The van der Waals surface area contributed by atoms with Gasteiger partial charge >= 0.3 is 0 Å². The lowest BCUT2D eigenvalue weighted by Gasteiger charge is -2.26. The molecule has 2 N–H and O–H groups in total. The predicted octanol–water partition coefficient (Wildman–Crippen LogP) is -0.0144. The van der Waals surface area contributed by atoms with Crippen molar-refractivity contribution in [2.75, 3.05) is 39.4 Å². The summed E-state index contributed by atoms with van der Waals surface area (Å²) in [5.74, 6) is -0.280. The van der Waals surface area contributed by atoms with Crippen molar-refractivity contribution in [3.63, 3.8) is 0 Å². The van der Waals surface area contributed by atoms with E-state index in [2.05, 4.69) is 15.5 Å². The van der Waals surface area contributed by atoms with Gasteiger partial charge in [0, 0.05) is 31.7 Å². The molecule has 120 valence electrons. The standard InChI is InChI=1S/C15H27N3O3/c1-15(2,3)17-14(20)12-10-11(12)13(19)16-4-5-18-6-8-21-9-7-18/h11-12H,4-10H2,1-3H3,(H,16,19)(H,17,20). The average molecular weight is 297 g/mol. The van der Waals surface area contributed by atoms with E-state index >= 15 is 0 Å². The van der Waals surface area contributed by atoms with Crippen molar-refractivity contribution in [1.82, 2.24) is 15.5 Å². The number of ether oxygens (including phenoxy) is 1. The van der Waals surface area contributed by atoms with E-state index in [0.717, 1.165) is 32.8 Å². The third kappa shape index (κ3) is 5.28. The van der Waals surface area contributed by atoms with Crippen molar-refractivity contribution < 1.29 is 14.3 Å². The lowest BCUT2D eigenvalue weighted by molar-refractivity contribution is -0.128. The van der Waals surface area contributed by atoms with Crippen molar-refractivity contribution in [3.8, 4) is 0 Å². The first-order valence-corrected chi connectivity index (χ1v) is 7.77. The third-order valence-corrected chi connectivity index (χ3v) is 3.79. The summed E-state index contributed by atoms with van der Waals surface area (Å²) in [6.07, 6.45) is 0.672. The van der Waals surface area contributed by atoms with Crippen molar-refractivity contribution in [2.45, 2.75) is 32.7 Å². The molecule has 2 aliphatic rings. The molecule has 0 aromatic rings. The molecule has 1 saturated heterocycles. The lowest BCUT2D eigenvalue weighted by Crippen LogP contribution is -2.43. The SMILES string of the molecule is CC(C)(C)NC(=O)C1CC1C(=O)NCCN1CCOCC1. The molecule has 21 heavy (non-hydrogen) atoms. The predicted molar refractivity (Wildman–Crippen MR) is 79.8 cm³/mol. The first-order chi connectivity index (χ1) is 9.87. The summed E-state index contributed by atoms with van der Waals surface area (Å²) in [6.45, 7) is 10.7. The van der Waals surface area contributed by atoms with Crippen LogP contribution in [-0.4, -0.2) is 61.6 Å². The molecule has 0 bridgehead atoms. The second kappa shape index (κ2) is 6.75. The molecule has 1 heterocycles. The molecule has 1 saturated carbocycles. The Kier molecular flexibility index (Phi) is 5.22. The molecule has 0 aromatic heterocycles. The molecule has 2 atom stereocenters. The number of hydrogen-bond acceptors (Lipinski definition) is 4. The smallest absolute Gasteiger partial charge is 0.224 e. The molecule has 2 amide bonds. The van der Waals surface area contributed by atoms with E-state index in [1.54, 1.807) is 0 Å². The Bertz CT molecular complexity index is 386. The highest BCUT2D eigenvalue weighted by molar-refractivity contribution is 5.92. The topological polar surface area (TPSA) is 70.7 Å². The Morgan fingerprint density at radius 3 is 2.38 bits per heavy atom. The Morgan fingerprint density at radius 1 is 1.14 bits per heavy atom. The Balaban J connectivity index is 1.63. The van der Waals surface area contributed by atoms with Crippen LogP contribution in [0.25, 0.3) is 0 Å². The zero-order chi connectivity index (χ0) is 15.5. The minimum atomic E-state index is -0.239. The zero-order valence-corrected chi connectivity index (χ0v) is 13.3. The first kappa shape index (κ1) is 16.2. The van der Waals surface area contributed by atoms with E-state index in [9.17, 15) is 9.59 Å². The van der Waals surface area contributed by atoms with Crippen LogP contribution in [-0.2, 0) is 14.3 Å². The van der Waals surface area contributed by atoms with E-state index in [-0.39, 0.29) is 29.2 Å². The molecule has 6 nitrogen and oxygen atoms in total. The fourth-order valence-corrected chi connectivity index (χ4v) is 2.53. The summed E-state index contributed by atoms with van der Waals surface area (Å²) in [5.41, 5.74) is -0.239. The van der Waals surface area contributed by atoms with Crippen molar-refractivity contribution in [1.29, 1.82) is 0 Å². The Hall–Kier alpha value is -1.14. The normalized spacial score (nSPS) is 26.2. The number of morpholine rings is 1. The van der Waals surface area contributed by atoms with Crippen molar-refractivity contribution >= 4 is 11.8 Å². The average Bonchev–Trinajstić information content (AvgIpc) is 3.18. The number of nitrogens with zero attached hydrogens (tertiary/aromatic N) is 1. The molecular formula is C15H27N3O3. The van der Waals surface area contributed by atoms with Crippen LogP contribution in [0, 0.1) is 11.8 Å². The number of hydrogen-bond donors (Lipinski definition) is 2. The van der Waals surface area contributed by atoms with Crippen LogP contribution in [0.2, 0.25) is 0 Å². The van der Waals surface area contributed by atoms with Crippen LogP contribution >= 0.6 is 0 Å². The van der Waals surface area contributed by atoms with E-state index < -0.39 is 0 Å². The summed E-state index contributed by atoms with van der Waals surface area (Å²) >= 11 is 0. The summed E-state index contributed by atoms with van der Waals surface area (Å²) in [4.78, 5) is 26.2. The summed E-state index contributed by atoms with van der Waals surface area (Å²) in [6, 6.07) is 0. The Labute approximate surface area is 126 Å². The van der Waals surface area contributed by atoms with Gasteiger partial charge in [-0.2, -0.15) is 0 Å². The summed E-state index contributed by atoms with van der Waals surface area (Å²) in [7, 11) is 0. The number of amides is 2. The molecule has 2 fully saturated rings. The van der Waals surface area contributed by atoms with Gasteiger partial charge in [-0.05, 0) is 27.2 Å². The molecule has 2 rings (SSSR count). The highest BCUT2D eigenvalue weighted by Gasteiger charge is 2.48. The number of nitrogens with one attached hydrogen (secondary N) is 2. The zero-order valence-electron chi connectivity index (χ0n) is 13.3. The maximum absolute atomic E-state index is 12.0. The van der Waals surface area contributed by atoms with Crippen LogP contribution in [0.1, 0.15) is 27.2 Å². The monoisotopic (exact) mass is 297 g/mol. The van der Waals surface area contributed by atoms with E-state index in [1.807, 2.05) is 20.8 Å². The quantitative estimate of drug-likeness (QED) is 0.748. The van der Waals surface area contributed by atoms with Crippen molar-refractivity contribution in [3.05, 3.63) is 0 Å². The molecule has 6 heteroatoms. The van der Waals surface area contributed by atoms with Gasteiger partial charge < -0.3 is 15.4 Å². The highest BCUT2D eigenvalue weighted by atomic mass is 16.5. The van der Waals surface area contributed by atoms with Crippen molar-refractivity contribution in [2.24, 2.45) is 11.8 Å². The molecule has 0 spiro atoms. The number of carbonyl (C=O) groups is 2. The maximum atomic E-state index is 12.0. The van der Waals surface area contributed by atoms with Gasteiger partial charge in [-0.1, -0.05) is 0 Å². The number of carbonyl (C=O) groups excluding carboxylic acids is 2. The van der Waals surface area contributed by atoms with Gasteiger partial charge in [0.2, 0.25) is 11.8 Å². The van der Waals surface area contributed by atoms with Gasteiger partial charge in [0.1, 0.15) is 0 Å². The number of rotatable bonds is 5. The highest BCUT2D eigenvalue weighted by Crippen LogP contribution is 2.39. The largest absolute Gasteiger partial charge is 0.379 e. The first-order valence-electron chi connectivity index (χ1n) is 7.77. The van der Waals surface area contributed by atoms with Gasteiger partial charge in [-0.3, -0.25) is 14.5 Å². The van der Waals surface area contributed by atoms with Gasteiger partial charge in [-0.25, -0.2) is 0 Å². The van der Waals surface area contributed by atoms with Gasteiger partial charge in [-0.15, -0.1) is 0 Å². The molecule has 0 radical (unpaired) electrons. The molecular weight excluding hydrogens is 270 g/mol. The van der Waals surface area contributed by atoms with Gasteiger partial charge in [0.15, 0.2) is 0 Å². The minimum absolute atomic E-state index is 0.00386. The van der Waals surface area contributed by atoms with Gasteiger partial charge in [0.05, 0.1) is 25.0 Å². The Morgan fingerprint density at radius 2 is 1.76 bits per heavy atom. The van der Waals surface area contributed by atoms with E-state index in [4.69, 9.17) is 4.74 Å². The second-order valence-corrected chi connectivity index (χ2v) is 6.93. The summed E-state index contributed by atoms with van der Waals surface area (Å²) in [5, 5.41) is 5.87. The van der Waals surface area contributed by atoms with Crippen LogP contribution in [0.5, 0.6) is 0 Å². The minimum Gasteiger partial charge on any atom is -0.379 e.